The maximum atomic E-state index is 11.9. The number of ether oxygens (including phenoxy) is 1. The molecule has 0 radical (unpaired) electrons. The van der Waals surface area contributed by atoms with Gasteiger partial charge in [-0.15, -0.1) is 0 Å². The maximum absolute atomic E-state index is 11.9. The lowest BCUT2D eigenvalue weighted by Crippen LogP contribution is -2.43. The first-order valence-corrected chi connectivity index (χ1v) is 5.97. The number of aryl methyl sites for hydroxylation is 2. The summed E-state index contributed by atoms with van der Waals surface area (Å²) in [6, 6.07) is 3.68. The monoisotopic (exact) mass is 250 g/mol. The molecule has 4 heteroatoms. The van der Waals surface area contributed by atoms with Crippen molar-refractivity contribution in [1.82, 2.24) is 5.32 Å². The van der Waals surface area contributed by atoms with Crippen LogP contribution in [0.15, 0.2) is 12.1 Å². The smallest absolute Gasteiger partial charge is 0.319 e. The molecule has 0 unspecified atom stereocenters. The molecule has 0 bridgehead atoms. The predicted octanol–water partition coefficient (Wildman–Crippen LogP) is 3.23. The summed E-state index contributed by atoms with van der Waals surface area (Å²) in [6.07, 6.45) is 0. The summed E-state index contributed by atoms with van der Waals surface area (Å²) < 4.78 is 5.30. The molecular formula is C14H22N2O2. The molecule has 0 aliphatic heterocycles. The Kier molecular flexibility index (Phi) is 4.22. The number of benzene rings is 1. The van der Waals surface area contributed by atoms with E-state index in [2.05, 4.69) is 10.6 Å². The number of anilines is 1. The van der Waals surface area contributed by atoms with Crippen molar-refractivity contribution in [1.29, 1.82) is 0 Å². The molecule has 0 aliphatic rings. The third kappa shape index (κ3) is 3.95. The minimum atomic E-state index is -0.268. The van der Waals surface area contributed by atoms with E-state index in [-0.39, 0.29) is 11.6 Å². The highest BCUT2D eigenvalue weighted by Gasteiger charge is 2.16. The molecular weight excluding hydrogens is 228 g/mol. The fourth-order valence-electron chi connectivity index (χ4n) is 1.74. The number of amides is 2. The Morgan fingerprint density at radius 1 is 1.22 bits per heavy atom. The van der Waals surface area contributed by atoms with E-state index in [1.807, 2.05) is 46.8 Å². The summed E-state index contributed by atoms with van der Waals surface area (Å²) in [7, 11) is 1.60. The Bertz CT molecular complexity index is 448. The summed E-state index contributed by atoms with van der Waals surface area (Å²) in [6.45, 7) is 9.75. The molecule has 0 saturated heterocycles. The average Bonchev–Trinajstić information content (AvgIpc) is 2.18. The minimum Gasteiger partial charge on any atom is -0.495 e. The van der Waals surface area contributed by atoms with Gasteiger partial charge < -0.3 is 15.4 Å². The molecule has 18 heavy (non-hydrogen) atoms. The molecule has 4 nitrogen and oxygen atoms in total. The number of nitrogens with one attached hydrogen (secondary N) is 2. The first-order chi connectivity index (χ1) is 8.23. The van der Waals surface area contributed by atoms with Crippen LogP contribution in [-0.4, -0.2) is 18.7 Å². The van der Waals surface area contributed by atoms with E-state index in [1.54, 1.807) is 7.11 Å². The second kappa shape index (κ2) is 5.29. The molecule has 0 aromatic heterocycles. The van der Waals surface area contributed by atoms with Crippen molar-refractivity contribution in [3.63, 3.8) is 0 Å². The summed E-state index contributed by atoms with van der Waals surface area (Å²) in [4.78, 5) is 11.9. The third-order valence-electron chi connectivity index (χ3n) is 2.39. The quantitative estimate of drug-likeness (QED) is 0.846. The first-order valence-electron chi connectivity index (χ1n) is 5.97. The Labute approximate surface area is 109 Å². The summed E-state index contributed by atoms with van der Waals surface area (Å²) in [5, 5.41) is 5.69. The zero-order valence-corrected chi connectivity index (χ0v) is 12.0. The van der Waals surface area contributed by atoms with Gasteiger partial charge in [-0.05, 0) is 51.8 Å². The Morgan fingerprint density at radius 2 is 1.83 bits per heavy atom. The van der Waals surface area contributed by atoms with Gasteiger partial charge in [0.2, 0.25) is 0 Å². The van der Waals surface area contributed by atoms with E-state index < -0.39 is 0 Å². The van der Waals surface area contributed by atoms with Crippen LogP contribution in [0.1, 0.15) is 31.9 Å². The minimum absolute atomic E-state index is 0.229. The number of urea groups is 1. The van der Waals surface area contributed by atoms with Gasteiger partial charge in [0, 0.05) is 5.54 Å². The van der Waals surface area contributed by atoms with Gasteiger partial charge in [0.25, 0.3) is 0 Å². The van der Waals surface area contributed by atoms with Crippen molar-refractivity contribution < 1.29 is 9.53 Å². The zero-order chi connectivity index (χ0) is 13.9. The van der Waals surface area contributed by atoms with Crippen LogP contribution in [0.25, 0.3) is 0 Å². The fourth-order valence-corrected chi connectivity index (χ4v) is 1.74. The van der Waals surface area contributed by atoms with Crippen LogP contribution in [0.5, 0.6) is 5.75 Å². The van der Waals surface area contributed by atoms with Crippen molar-refractivity contribution in [3.8, 4) is 5.75 Å². The number of methoxy groups -OCH3 is 1. The fraction of sp³-hybridized carbons (Fsp3) is 0.500. The van der Waals surface area contributed by atoms with Crippen molar-refractivity contribution in [2.75, 3.05) is 12.4 Å². The Balaban J connectivity index is 2.94. The van der Waals surface area contributed by atoms with Gasteiger partial charge in [-0.25, -0.2) is 4.79 Å². The van der Waals surface area contributed by atoms with Crippen LogP contribution in [0.2, 0.25) is 0 Å². The van der Waals surface area contributed by atoms with Gasteiger partial charge in [-0.3, -0.25) is 0 Å². The topological polar surface area (TPSA) is 50.4 Å². The van der Waals surface area contributed by atoms with Crippen LogP contribution in [0, 0.1) is 13.8 Å². The molecule has 0 fully saturated rings. The van der Waals surface area contributed by atoms with Gasteiger partial charge in [-0.1, -0.05) is 6.07 Å². The highest BCUT2D eigenvalue weighted by molar-refractivity contribution is 5.92. The van der Waals surface area contributed by atoms with E-state index >= 15 is 0 Å². The van der Waals surface area contributed by atoms with Crippen molar-refractivity contribution >= 4 is 11.7 Å². The van der Waals surface area contributed by atoms with Gasteiger partial charge >= 0.3 is 6.03 Å². The number of carbonyl (C=O) groups is 1. The number of rotatable bonds is 2. The number of hydrogen-bond acceptors (Lipinski definition) is 2. The van der Waals surface area contributed by atoms with E-state index in [4.69, 9.17) is 4.74 Å². The number of carbonyl (C=O) groups excluding carboxylic acids is 1. The summed E-state index contributed by atoms with van der Waals surface area (Å²) in [5.74, 6) is 0.677. The maximum Gasteiger partial charge on any atom is 0.319 e. The van der Waals surface area contributed by atoms with E-state index in [9.17, 15) is 4.79 Å². The number of hydrogen-bond donors (Lipinski definition) is 2. The van der Waals surface area contributed by atoms with Crippen LogP contribution >= 0.6 is 0 Å². The molecule has 0 spiro atoms. The summed E-state index contributed by atoms with van der Waals surface area (Å²) >= 11 is 0. The molecule has 1 rings (SSSR count). The Hall–Kier alpha value is -1.71. The van der Waals surface area contributed by atoms with Crippen molar-refractivity contribution in [3.05, 3.63) is 23.3 Å². The molecule has 0 heterocycles. The lowest BCUT2D eigenvalue weighted by Gasteiger charge is -2.22. The molecule has 2 amide bonds. The molecule has 1 aromatic carbocycles. The van der Waals surface area contributed by atoms with Crippen LogP contribution in [0.3, 0.4) is 0 Å². The zero-order valence-electron chi connectivity index (χ0n) is 12.0. The highest BCUT2D eigenvalue weighted by atomic mass is 16.5. The van der Waals surface area contributed by atoms with Crippen molar-refractivity contribution in [2.24, 2.45) is 0 Å². The first kappa shape index (κ1) is 14.4. The van der Waals surface area contributed by atoms with Gasteiger partial charge in [0.1, 0.15) is 5.75 Å². The SMILES string of the molecule is COc1cc(C)cc(C)c1NC(=O)NC(C)(C)C. The van der Waals surface area contributed by atoms with Crippen LogP contribution in [0.4, 0.5) is 10.5 Å². The van der Waals surface area contributed by atoms with E-state index in [0.717, 1.165) is 11.1 Å². The van der Waals surface area contributed by atoms with Crippen LogP contribution in [-0.2, 0) is 0 Å². The van der Waals surface area contributed by atoms with E-state index in [0.29, 0.717) is 11.4 Å². The molecule has 0 saturated carbocycles. The molecule has 1 aromatic rings. The molecule has 0 atom stereocenters. The summed E-state index contributed by atoms with van der Waals surface area (Å²) in [5.41, 5.74) is 2.53. The normalized spacial score (nSPS) is 11.0. The third-order valence-corrected chi connectivity index (χ3v) is 2.39. The van der Waals surface area contributed by atoms with Gasteiger partial charge in [-0.2, -0.15) is 0 Å². The van der Waals surface area contributed by atoms with Crippen LogP contribution < -0.4 is 15.4 Å². The molecule has 100 valence electrons. The Morgan fingerprint density at radius 3 is 2.33 bits per heavy atom. The standard InChI is InChI=1S/C14H22N2O2/c1-9-7-10(2)12(11(8-9)18-6)15-13(17)16-14(3,4)5/h7-8H,1-6H3,(H2,15,16,17). The second-order valence-electron chi connectivity index (χ2n) is 5.49. The molecule has 2 N–H and O–H groups in total. The predicted molar refractivity (Wildman–Crippen MR) is 74.4 cm³/mol. The van der Waals surface area contributed by atoms with Gasteiger partial charge in [0.05, 0.1) is 12.8 Å². The van der Waals surface area contributed by atoms with Crippen molar-refractivity contribution in [2.45, 2.75) is 40.2 Å². The van der Waals surface area contributed by atoms with Gasteiger partial charge in [0.15, 0.2) is 0 Å². The lowest BCUT2D eigenvalue weighted by molar-refractivity contribution is 0.243. The second-order valence-corrected chi connectivity index (χ2v) is 5.49. The highest BCUT2D eigenvalue weighted by Crippen LogP contribution is 2.29. The molecule has 0 aliphatic carbocycles. The lowest BCUT2D eigenvalue weighted by atomic mass is 10.1. The average molecular weight is 250 g/mol. The van der Waals surface area contributed by atoms with E-state index in [1.165, 1.54) is 0 Å². The largest absolute Gasteiger partial charge is 0.495 e.